The molecule has 1 fully saturated rings. The van der Waals surface area contributed by atoms with Gasteiger partial charge in [-0.3, -0.25) is 14.5 Å². The molecule has 4 nitrogen and oxygen atoms in total. The Kier molecular flexibility index (Phi) is 4.86. The predicted molar refractivity (Wildman–Crippen MR) is 89.0 cm³/mol. The SMILES string of the molecule is CC(F)(F)c1cccc(C2CC(=O)C(=O)N2c2ccc(OC(F)(F)F)cc2)c1. The summed E-state index contributed by atoms with van der Waals surface area (Å²) in [5.74, 6) is -5.17. The van der Waals surface area contributed by atoms with Crippen molar-refractivity contribution in [3.63, 3.8) is 0 Å². The molecule has 1 atom stereocenters. The Labute approximate surface area is 156 Å². The standard InChI is InChI=1S/C19H14F5NO3/c1-18(20,21)12-4-2-3-11(9-12)15-10-16(26)17(27)25(15)13-5-7-14(8-6-13)28-19(22,23)24/h2-9,15H,10H2,1H3. The molecule has 0 saturated carbocycles. The maximum Gasteiger partial charge on any atom is 0.573 e. The van der Waals surface area contributed by atoms with Crippen molar-refractivity contribution in [3.05, 3.63) is 59.7 Å². The maximum atomic E-state index is 13.6. The number of benzene rings is 2. The quantitative estimate of drug-likeness (QED) is 0.551. The third-order valence-corrected chi connectivity index (χ3v) is 4.27. The molecule has 1 saturated heterocycles. The van der Waals surface area contributed by atoms with Gasteiger partial charge in [-0.05, 0) is 35.9 Å². The van der Waals surface area contributed by atoms with Gasteiger partial charge in [-0.2, -0.15) is 0 Å². The van der Waals surface area contributed by atoms with Crippen molar-refractivity contribution in [2.75, 3.05) is 4.90 Å². The van der Waals surface area contributed by atoms with Crippen molar-refractivity contribution >= 4 is 17.4 Å². The van der Waals surface area contributed by atoms with Crippen LogP contribution in [-0.2, 0) is 15.5 Å². The summed E-state index contributed by atoms with van der Waals surface area (Å²) in [6.45, 7) is 0.730. The van der Waals surface area contributed by atoms with Crippen LogP contribution in [0.3, 0.4) is 0 Å². The average Bonchev–Trinajstić information content (AvgIpc) is 2.89. The second-order valence-electron chi connectivity index (χ2n) is 6.37. The van der Waals surface area contributed by atoms with Gasteiger partial charge in [-0.1, -0.05) is 18.2 Å². The largest absolute Gasteiger partial charge is 0.573 e. The number of carbonyl (C=O) groups is 2. The molecule has 2 aromatic rings. The minimum Gasteiger partial charge on any atom is -0.406 e. The molecule has 1 aliphatic heterocycles. The predicted octanol–water partition coefficient (Wildman–Crippen LogP) is 4.74. The first kappa shape index (κ1) is 19.8. The summed E-state index contributed by atoms with van der Waals surface area (Å²) in [4.78, 5) is 25.4. The zero-order valence-corrected chi connectivity index (χ0v) is 14.5. The third-order valence-electron chi connectivity index (χ3n) is 4.27. The van der Waals surface area contributed by atoms with Gasteiger partial charge in [0.05, 0.1) is 6.04 Å². The zero-order valence-electron chi connectivity index (χ0n) is 14.5. The second kappa shape index (κ2) is 6.88. The summed E-state index contributed by atoms with van der Waals surface area (Å²) in [6.07, 6.45) is -5.09. The molecule has 0 bridgehead atoms. The first-order chi connectivity index (χ1) is 13.0. The van der Waals surface area contributed by atoms with E-state index in [2.05, 4.69) is 4.74 Å². The Morgan fingerprint density at radius 2 is 1.64 bits per heavy atom. The van der Waals surface area contributed by atoms with Crippen LogP contribution < -0.4 is 9.64 Å². The lowest BCUT2D eigenvalue weighted by Gasteiger charge is -2.25. The van der Waals surface area contributed by atoms with Crippen LogP contribution >= 0.6 is 0 Å². The Bertz CT molecular complexity index is 903. The van der Waals surface area contributed by atoms with Crippen molar-refractivity contribution in [3.8, 4) is 5.75 Å². The molecule has 3 rings (SSSR count). The number of hydrogen-bond acceptors (Lipinski definition) is 3. The molecule has 0 spiro atoms. The highest BCUT2D eigenvalue weighted by atomic mass is 19.4. The van der Waals surface area contributed by atoms with E-state index < -0.39 is 35.8 Å². The second-order valence-corrected chi connectivity index (χ2v) is 6.37. The van der Waals surface area contributed by atoms with Crippen LogP contribution in [0.2, 0.25) is 0 Å². The minimum atomic E-state index is -4.87. The van der Waals surface area contributed by atoms with E-state index in [1.807, 2.05) is 0 Å². The highest BCUT2D eigenvalue weighted by molar-refractivity contribution is 6.44. The Morgan fingerprint density at radius 1 is 1.00 bits per heavy atom. The zero-order chi connectivity index (χ0) is 20.7. The first-order valence-corrected chi connectivity index (χ1v) is 8.16. The number of ketones is 1. The number of alkyl halides is 5. The van der Waals surface area contributed by atoms with Crippen molar-refractivity contribution in [2.24, 2.45) is 0 Å². The molecule has 0 radical (unpaired) electrons. The van der Waals surface area contributed by atoms with Gasteiger partial charge in [-0.25, -0.2) is 8.78 Å². The molecule has 1 heterocycles. The summed E-state index contributed by atoms with van der Waals surface area (Å²) in [5.41, 5.74) is 0.212. The van der Waals surface area contributed by atoms with Gasteiger partial charge in [-0.15, -0.1) is 13.2 Å². The van der Waals surface area contributed by atoms with Gasteiger partial charge in [0.15, 0.2) is 0 Å². The van der Waals surface area contributed by atoms with Gasteiger partial charge >= 0.3 is 6.36 Å². The molecule has 0 aliphatic carbocycles. The maximum absolute atomic E-state index is 13.6. The number of amides is 1. The molecule has 2 aromatic carbocycles. The van der Waals surface area contributed by atoms with Gasteiger partial charge in [0.1, 0.15) is 5.75 Å². The van der Waals surface area contributed by atoms with Crippen LogP contribution in [0.15, 0.2) is 48.5 Å². The number of halogens is 5. The van der Waals surface area contributed by atoms with Crippen LogP contribution in [0.5, 0.6) is 5.75 Å². The van der Waals surface area contributed by atoms with E-state index >= 15 is 0 Å². The topological polar surface area (TPSA) is 46.6 Å². The Morgan fingerprint density at radius 3 is 2.21 bits per heavy atom. The highest BCUT2D eigenvalue weighted by Crippen LogP contribution is 2.38. The fourth-order valence-corrected chi connectivity index (χ4v) is 3.02. The van der Waals surface area contributed by atoms with Crippen LogP contribution in [0.4, 0.5) is 27.6 Å². The van der Waals surface area contributed by atoms with E-state index in [4.69, 9.17) is 0 Å². The molecule has 9 heteroatoms. The average molecular weight is 399 g/mol. The fourth-order valence-electron chi connectivity index (χ4n) is 3.02. The lowest BCUT2D eigenvalue weighted by atomic mass is 9.99. The summed E-state index contributed by atoms with van der Waals surface area (Å²) in [7, 11) is 0. The van der Waals surface area contributed by atoms with Crippen molar-refractivity contribution in [1.29, 1.82) is 0 Å². The van der Waals surface area contributed by atoms with Crippen molar-refractivity contribution < 1.29 is 36.3 Å². The van der Waals surface area contributed by atoms with E-state index in [1.165, 1.54) is 36.4 Å². The van der Waals surface area contributed by atoms with E-state index in [9.17, 15) is 31.5 Å². The van der Waals surface area contributed by atoms with Gasteiger partial charge in [0, 0.05) is 24.6 Å². The van der Waals surface area contributed by atoms with E-state index in [0.717, 1.165) is 24.0 Å². The number of anilines is 1. The summed E-state index contributed by atoms with van der Waals surface area (Å²) >= 11 is 0. The smallest absolute Gasteiger partial charge is 0.406 e. The lowest BCUT2D eigenvalue weighted by molar-refractivity contribution is -0.274. The number of nitrogens with zero attached hydrogens (tertiary/aromatic N) is 1. The number of hydrogen-bond donors (Lipinski definition) is 0. The first-order valence-electron chi connectivity index (χ1n) is 8.16. The van der Waals surface area contributed by atoms with Crippen LogP contribution in [0, 0.1) is 0 Å². The molecular weight excluding hydrogens is 385 g/mol. The molecule has 0 aromatic heterocycles. The van der Waals surface area contributed by atoms with Crippen LogP contribution in [0.1, 0.15) is 30.5 Å². The van der Waals surface area contributed by atoms with Gasteiger partial charge in [0.2, 0.25) is 5.78 Å². The van der Waals surface area contributed by atoms with Crippen LogP contribution in [-0.4, -0.2) is 18.1 Å². The number of carbonyl (C=O) groups excluding carboxylic acids is 2. The normalized spacial score (nSPS) is 17.9. The minimum absolute atomic E-state index is 0.157. The molecular formula is C19H14F5NO3. The fraction of sp³-hybridized carbons (Fsp3) is 0.263. The number of ether oxygens (including phenoxy) is 1. The Balaban J connectivity index is 1.95. The lowest BCUT2D eigenvalue weighted by Crippen LogP contribution is -2.29. The van der Waals surface area contributed by atoms with Crippen LogP contribution in [0.25, 0.3) is 0 Å². The number of rotatable bonds is 4. The third kappa shape index (κ3) is 4.13. The van der Waals surface area contributed by atoms with Gasteiger partial charge in [0.25, 0.3) is 11.8 Å². The Hall–Kier alpha value is -2.97. The molecule has 28 heavy (non-hydrogen) atoms. The summed E-state index contributed by atoms with van der Waals surface area (Å²) < 4.78 is 67.9. The molecule has 1 unspecified atom stereocenters. The highest BCUT2D eigenvalue weighted by Gasteiger charge is 2.41. The summed E-state index contributed by atoms with van der Waals surface area (Å²) in [5, 5.41) is 0. The summed E-state index contributed by atoms with van der Waals surface area (Å²) in [6, 6.07) is 8.93. The molecule has 1 amide bonds. The monoisotopic (exact) mass is 399 g/mol. The molecule has 0 N–H and O–H groups in total. The van der Waals surface area contributed by atoms with E-state index in [0.29, 0.717) is 5.56 Å². The van der Waals surface area contributed by atoms with E-state index in [-0.39, 0.29) is 17.7 Å². The molecule has 1 aliphatic rings. The van der Waals surface area contributed by atoms with Gasteiger partial charge < -0.3 is 4.74 Å². The van der Waals surface area contributed by atoms with Crippen molar-refractivity contribution in [1.82, 2.24) is 0 Å². The van der Waals surface area contributed by atoms with E-state index in [1.54, 1.807) is 0 Å². The molecule has 148 valence electrons. The number of Topliss-reactive ketones (excluding diaryl/α,β-unsaturated/α-hetero) is 1. The van der Waals surface area contributed by atoms with Crippen molar-refractivity contribution in [2.45, 2.75) is 31.7 Å².